The van der Waals surface area contributed by atoms with E-state index >= 15 is 0 Å². The van der Waals surface area contributed by atoms with Crippen LogP contribution in [0.3, 0.4) is 0 Å². The van der Waals surface area contributed by atoms with Crippen molar-refractivity contribution < 1.29 is 0 Å². The second-order valence-electron chi connectivity index (χ2n) is 5.13. The third-order valence-corrected chi connectivity index (χ3v) is 4.27. The molecule has 1 fully saturated rings. The van der Waals surface area contributed by atoms with Gasteiger partial charge in [-0.05, 0) is 30.9 Å². The molecule has 4 heteroatoms. The topological polar surface area (TPSA) is 38.9 Å². The molecule has 1 saturated carbocycles. The maximum Gasteiger partial charge on any atom is 0.134 e. The van der Waals surface area contributed by atoms with Gasteiger partial charge < -0.3 is 5.73 Å². The molecule has 2 N–H and O–H groups in total. The molecule has 0 radical (unpaired) electrons. The van der Waals surface area contributed by atoms with Gasteiger partial charge in [-0.15, -0.1) is 12.4 Å². The highest BCUT2D eigenvalue weighted by atomic mass is 35.5. The highest BCUT2D eigenvalue weighted by molar-refractivity contribution is 6.30. The van der Waals surface area contributed by atoms with Crippen LogP contribution in [0, 0.1) is 5.92 Å². The van der Waals surface area contributed by atoms with Crippen LogP contribution in [0.4, 0.5) is 0 Å². The van der Waals surface area contributed by atoms with E-state index in [0.29, 0.717) is 11.1 Å². The van der Waals surface area contributed by atoms with E-state index in [4.69, 9.17) is 17.3 Å². The summed E-state index contributed by atoms with van der Waals surface area (Å²) in [5.74, 6) is 0.561. The Hall–Kier alpha value is -0.830. The van der Waals surface area contributed by atoms with Gasteiger partial charge in [-0.25, -0.2) is 4.98 Å². The fourth-order valence-corrected chi connectivity index (χ4v) is 3.18. The summed E-state index contributed by atoms with van der Waals surface area (Å²) in [5, 5.41) is 1.68. The lowest BCUT2D eigenvalue weighted by molar-refractivity contribution is 0.444. The minimum absolute atomic E-state index is 0. The van der Waals surface area contributed by atoms with Crippen LogP contribution in [0.2, 0.25) is 5.15 Å². The molecule has 0 saturated heterocycles. The molecule has 2 aromatic rings. The number of rotatable bonds is 2. The molecule has 1 atom stereocenters. The van der Waals surface area contributed by atoms with E-state index in [1.54, 1.807) is 0 Å². The molecule has 1 aliphatic carbocycles. The van der Waals surface area contributed by atoms with Crippen molar-refractivity contribution in [2.24, 2.45) is 11.7 Å². The Morgan fingerprint density at radius 3 is 2.63 bits per heavy atom. The zero-order chi connectivity index (χ0) is 12.5. The molecule has 19 heavy (non-hydrogen) atoms. The van der Waals surface area contributed by atoms with Gasteiger partial charge in [0, 0.05) is 17.0 Å². The monoisotopic (exact) mass is 296 g/mol. The summed E-state index contributed by atoms with van der Waals surface area (Å²) in [7, 11) is 0. The maximum absolute atomic E-state index is 6.37. The Morgan fingerprint density at radius 1 is 1.21 bits per heavy atom. The van der Waals surface area contributed by atoms with Crippen LogP contribution in [0.1, 0.15) is 37.3 Å². The van der Waals surface area contributed by atoms with Gasteiger partial charge in [0.05, 0.1) is 5.52 Å². The maximum atomic E-state index is 6.37. The highest BCUT2D eigenvalue weighted by Crippen LogP contribution is 2.37. The van der Waals surface area contributed by atoms with Crippen molar-refractivity contribution in [1.82, 2.24) is 4.98 Å². The van der Waals surface area contributed by atoms with Crippen molar-refractivity contribution in [1.29, 1.82) is 0 Å². The van der Waals surface area contributed by atoms with E-state index in [0.717, 1.165) is 16.5 Å². The minimum atomic E-state index is 0. The van der Waals surface area contributed by atoms with Crippen LogP contribution < -0.4 is 5.73 Å². The molecule has 0 amide bonds. The number of aromatic nitrogens is 1. The Bertz CT molecular complexity index is 565. The lowest BCUT2D eigenvalue weighted by Gasteiger charge is -2.20. The van der Waals surface area contributed by atoms with Crippen molar-refractivity contribution in [3.8, 4) is 0 Å². The van der Waals surface area contributed by atoms with Crippen molar-refractivity contribution in [2.75, 3.05) is 0 Å². The fourth-order valence-electron chi connectivity index (χ4n) is 2.91. The van der Waals surface area contributed by atoms with Crippen molar-refractivity contribution in [3.05, 3.63) is 41.0 Å². The molecule has 1 heterocycles. The minimum Gasteiger partial charge on any atom is -0.324 e. The van der Waals surface area contributed by atoms with Gasteiger partial charge in [-0.2, -0.15) is 0 Å². The van der Waals surface area contributed by atoms with Gasteiger partial charge >= 0.3 is 0 Å². The standard InChI is InChI=1S/C15H17ClN2.ClH/c16-15-12(14(17)10-5-1-2-6-10)9-11-7-3-4-8-13(11)18-15;/h3-4,7-10,14H,1-2,5-6,17H2;1H/t14-;/m0./s1. The van der Waals surface area contributed by atoms with Crippen LogP contribution in [0.5, 0.6) is 0 Å². The number of pyridine rings is 1. The molecule has 1 aromatic carbocycles. The van der Waals surface area contributed by atoms with E-state index in [2.05, 4.69) is 17.1 Å². The Kier molecular flexibility index (Phi) is 4.67. The molecule has 1 aliphatic rings. The average Bonchev–Trinajstić information content (AvgIpc) is 2.91. The molecule has 2 nitrogen and oxygen atoms in total. The van der Waals surface area contributed by atoms with Gasteiger partial charge in [0.1, 0.15) is 5.15 Å². The first-order valence-electron chi connectivity index (χ1n) is 6.56. The second kappa shape index (κ2) is 6.08. The van der Waals surface area contributed by atoms with Crippen LogP contribution in [-0.4, -0.2) is 4.98 Å². The van der Waals surface area contributed by atoms with Crippen LogP contribution in [0.15, 0.2) is 30.3 Å². The van der Waals surface area contributed by atoms with Gasteiger partial charge in [-0.3, -0.25) is 0 Å². The van der Waals surface area contributed by atoms with Gasteiger partial charge in [0.15, 0.2) is 0 Å². The van der Waals surface area contributed by atoms with E-state index in [-0.39, 0.29) is 18.4 Å². The normalized spacial score (nSPS) is 17.4. The fraction of sp³-hybridized carbons (Fsp3) is 0.400. The number of hydrogen-bond acceptors (Lipinski definition) is 2. The highest BCUT2D eigenvalue weighted by Gasteiger charge is 2.25. The molecule has 0 spiro atoms. The zero-order valence-electron chi connectivity index (χ0n) is 10.7. The summed E-state index contributed by atoms with van der Waals surface area (Å²) in [6.07, 6.45) is 5.00. The molecule has 0 aliphatic heterocycles. The van der Waals surface area contributed by atoms with E-state index < -0.39 is 0 Å². The predicted molar refractivity (Wildman–Crippen MR) is 82.9 cm³/mol. The first kappa shape index (κ1) is 14.6. The summed E-state index contributed by atoms with van der Waals surface area (Å²) in [5.41, 5.74) is 8.30. The van der Waals surface area contributed by atoms with Crippen molar-refractivity contribution in [3.63, 3.8) is 0 Å². The first-order valence-corrected chi connectivity index (χ1v) is 6.94. The summed E-state index contributed by atoms with van der Waals surface area (Å²) in [6, 6.07) is 10.2. The number of hydrogen-bond donors (Lipinski definition) is 1. The number of nitrogens with zero attached hydrogens (tertiary/aromatic N) is 1. The zero-order valence-corrected chi connectivity index (χ0v) is 12.3. The van der Waals surface area contributed by atoms with E-state index in [9.17, 15) is 0 Å². The summed E-state index contributed by atoms with van der Waals surface area (Å²) < 4.78 is 0. The van der Waals surface area contributed by atoms with Crippen molar-refractivity contribution in [2.45, 2.75) is 31.7 Å². The van der Waals surface area contributed by atoms with Crippen LogP contribution in [-0.2, 0) is 0 Å². The molecular formula is C15H18Cl2N2. The largest absolute Gasteiger partial charge is 0.324 e. The molecule has 102 valence electrons. The summed E-state index contributed by atoms with van der Waals surface area (Å²) in [6.45, 7) is 0. The first-order chi connectivity index (χ1) is 8.75. The Balaban J connectivity index is 0.00000133. The predicted octanol–water partition coefficient (Wildman–Crippen LogP) is 4.50. The average molecular weight is 297 g/mol. The number of para-hydroxylation sites is 1. The van der Waals surface area contributed by atoms with E-state index in [1.165, 1.54) is 25.7 Å². The molecule has 0 bridgehead atoms. The van der Waals surface area contributed by atoms with Gasteiger partial charge in [0.2, 0.25) is 0 Å². The van der Waals surface area contributed by atoms with Crippen molar-refractivity contribution >= 4 is 34.9 Å². The second-order valence-corrected chi connectivity index (χ2v) is 5.49. The number of fused-ring (bicyclic) bond motifs is 1. The summed E-state index contributed by atoms with van der Waals surface area (Å²) >= 11 is 6.29. The van der Waals surface area contributed by atoms with Crippen LogP contribution >= 0.6 is 24.0 Å². The molecular weight excluding hydrogens is 279 g/mol. The van der Waals surface area contributed by atoms with Gasteiger partial charge in [0.25, 0.3) is 0 Å². The SMILES string of the molecule is Cl.N[C@H](c1cc2ccccc2nc1Cl)C1CCCC1. The van der Waals surface area contributed by atoms with E-state index in [1.807, 2.05) is 18.2 Å². The number of halogens is 2. The number of benzene rings is 1. The quantitative estimate of drug-likeness (QED) is 0.829. The lowest BCUT2D eigenvalue weighted by atomic mass is 9.93. The smallest absolute Gasteiger partial charge is 0.134 e. The van der Waals surface area contributed by atoms with Gasteiger partial charge in [-0.1, -0.05) is 42.6 Å². The number of nitrogens with two attached hydrogens (primary N) is 1. The van der Waals surface area contributed by atoms with Crippen LogP contribution in [0.25, 0.3) is 10.9 Å². The third-order valence-electron chi connectivity index (χ3n) is 3.97. The Labute approximate surface area is 124 Å². The Morgan fingerprint density at radius 2 is 1.89 bits per heavy atom. The molecule has 0 unspecified atom stereocenters. The molecule has 1 aromatic heterocycles. The third kappa shape index (κ3) is 2.86. The summed E-state index contributed by atoms with van der Waals surface area (Å²) in [4.78, 5) is 4.45. The lowest BCUT2D eigenvalue weighted by Crippen LogP contribution is -2.19. The molecule has 3 rings (SSSR count).